The Morgan fingerprint density at radius 3 is 0.940 bits per heavy atom. The van der Waals surface area contributed by atoms with Gasteiger partial charge in [0.2, 0.25) is 0 Å². The minimum Gasteiger partial charge on any atom is -0.309 e. The van der Waals surface area contributed by atoms with Crippen molar-refractivity contribution < 1.29 is 0 Å². The van der Waals surface area contributed by atoms with Crippen LogP contribution in [0, 0.1) is 34.0 Å². The van der Waals surface area contributed by atoms with Crippen molar-refractivity contribution in [2.75, 3.05) is 0 Å². The van der Waals surface area contributed by atoms with Crippen LogP contribution in [0.1, 0.15) is 16.8 Å². The molecule has 0 amide bonds. The number of hydrogen-bond donors (Lipinski definition) is 0. The van der Waals surface area contributed by atoms with E-state index in [1.54, 1.807) is 43.0 Å². The lowest BCUT2D eigenvalue weighted by Gasteiger charge is -2.09. The largest absolute Gasteiger partial charge is 0.309 e. The Labute approximate surface area is 674 Å². The Kier molecular flexibility index (Phi) is 18.9. The zero-order valence-electron chi connectivity index (χ0n) is 63.0. The first-order chi connectivity index (χ1) is 57.8. The highest BCUT2D eigenvalue weighted by atomic mass is 15.0. The number of hydrogen-bond acceptors (Lipinski definition) is 9. The summed E-state index contributed by atoms with van der Waals surface area (Å²) in [5.74, 6) is 0. The highest BCUT2D eigenvalue weighted by Gasteiger charge is 2.20. The first-order valence-corrected chi connectivity index (χ1v) is 38.4. The van der Waals surface area contributed by atoms with Crippen LogP contribution in [-0.4, -0.2) is 43.6 Å². The molecule has 0 saturated carbocycles. The van der Waals surface area contributed by atoms with Gasteiger partial charge in [-0.15, -0.1) is 0 Å². The minimum atomic E-state index is 0.379. The molecule has 0 N–H and O–H groups in total. The second-order valence-electron chi connectivity index (χ2n) is 28.4. The van der Waals surface area contributed by atoms with Crippen LogP contribution in [0.2, 0.25) is 0 Å². The average Bonchev–Trinajstić information content (AvgIpc) is 1.60. The Balaban J connectivity index is 0.000000117. The second-order valence-corrected chi connectivity index (χ2v) is 28.4. The Morgan fingerprint density at radius 1 is 0.205 bits per heavy atom. The predicted octanol–water partition coefficient (Wildman–Crippen LogP) is 25.3. The zero-order valence-corrected chi connectivity index (χ0v) is 63.0. The summed E-state index contributed by atoms with van der Waals surface area (Å²) in [5, 5.41) is 34.9. The minimum absolute atomic E-state index is 0.379. The predicted molar refractivity (Wildman–Crippen MR) is 472 cm³/mol. The molecular weight excluding hydrogens is 1430 g/mol. The van der Waals surface area contributed by atoms with Gasteiger partial charge in [-0.25, -0.2) is 15.0 Å². The van der Waals surface area contributed by atoms with Crippen molar-refractivity contribution >= 4 is 65.4 Å². The van der Waals surface area contributed by atoms with Gasteiger partial charge in [-0.05, 0) is 209 Å². The van der Waals surface area contributed by atoms with Crippen LogP contribution in [0.5, 0.6) is 0 Å². The molecule has 12 heteroatoms. The summed E-state index contributed by atoms with van der Waals surface area (Å²) in [5.41, 5.74) is 29.6. The topological polar surface area (TPSA) is 164 Å². The van der Waals surface area contributed by atoms with E-state index in [9.17, 15) is 15.8 Å². The van der Waals surface area contributed by atoms with E-state index in [2.05, 4.69) is 313 Å². The SMILES string of the molecule is N#Cc1cc(-c2cccc(-c3ccc4c(c3)c3cc(-c5ccccc5)ccc3n4-c3ccccc3)n2)ccn1.N#Cc1ccnc(-c2ccc(-c3ccc4c(c3)c3cc(-c5ccccc5)ccc3n4-c3ccccc3)cn2)c1.N#Cc1cncc(-c2cccc(-c3ccc4c(c3)c3cc(-c5ccccc5)ccc3n4-c3ccccc3)n2)c1. The molecule has 117 heavy (non-hydrogen) atoms. The first kappa shape index (κ1) is 70.8. The summed E-state index contributed by atoms with van der Waals surface area (Å²) < 4.78 is 6.98. The van der Waals surface area contributed by atoms with Crippen molar-refractivity contribution in [3.63, 3.8) is 0 Å². The molecular formula is C105H66N12. The third-order valence-electron chi connectivity index (χ3n) is 21.3. The highest BCUT2D eigenvalue weighted by molar-refractivity contribution is 6.14. The number of benzene rings is 12. The van der Waals surface area contributed by atoms with E-state index in [1.807, 2.05) is 97.2 Å². The molecule has 0 fully saturated rings. The van der Waals surface area contributed by atoms with Gasteiger partial charge in [0, 0.05) is 108 Å². The molecule has 0 aliphatic heterocycles. The number of para-hydroxylation sites is 3. The van der Waals surface area contributed by atoms with E-state index in [1.165, 1.54) is 71.2 Å². The molecule has 0 aliphatic carbocycles. The van der Waals surface area contributed by atoms with E-state index in [0.717, 1.165) is 106 Å². The fraction of sp³-hybridized carbons (Fsp3) is 0. The summed E-state index contributed by atoms with van der Waals surface area (Å²) in [6.45, 7) is 0. The van der Waals surface area contributed by atoms with Crippen LogP contribution >= 0.6 is 0 Å². The van der Waals surface area contributed by atoms with E-state index in [0.29, 0.717) is 22.5 Å². The molecule has 0 saturated heterocycles. The van der Waals surface area contributed by atoms with Gasteiger partial charge in [-0.2, -0.15) is 15.8 Å². The van der Waals surface area contributed by atoms with Crippen molar-refractivity contribution in [1.82, 2.24) is 43.6 Å². The molecule has 12 nitrogen and oxygen atoms in total. The maximum Gasteiger partial charge on any atom is 0.141 e. The molecule has 21 rings (SSSR count). The van der Waals surface area contributed by atoms with Crippen molar-refractivity contribution in [2.45, 2.75) is 0 Å². The third-order valence-corrected chi connectivity index (χ3v) is 21.3. The van der Waals surface area contributed by atoms with Crippen molar-refractivity contribution in [2.24, 2.45) is 0 Å². The molecule has 21 aromatic rings. The van der Waals surface area contributed by atoms with Crippen LogP contribution in [0.3, 0.4) is 0 Å². The Bertz CT molecular complexity index is 7150. The standard InChI is InChI=1S/3C35H22N4/c36-21-24-18-28(23-37-22-24)33-13-7-12-32(38-33)27-15-17-35-31(20-27)30-19-26(25-8-3-1-4-9-25)14-16-34(30)39(35)29-10-5-2-6-11-29;36-23-28-20-27(18-19-37-28)33-13-7-12-32(38-33)26-15-17-35-31(22-26)30-21-25(24-8-3-1-4-9-24)14-16-34(30)39(35)29-10-5-2-6-11-29;36-22-24-17-18-37-33(19-24)32-14-11-28(23-38-32)27-13-16-35-31(21-27)30-20-26(25-7-3-1-4-8-25)12-15-34(30)39(35)29-9-5-2-6-10-29/h1-20,22-23H;1-22H;1-21,23H. The molecule has 0 atom stereocenters. The van der Waals surface area contributed by atoms with Crippen LogP contribution in [-0.2, 0) is 0 Å². The molecule has 0 unspecified atom stereocenters. The smallest absolute Gasteiger partial charge is 0.141 e. The monoisotopic (exact) mass is 1490 g/mol. The maximum atomic E-state index is 9.29. The molecule has 546 valence electrons. The fourth-order valence-corrected chi connectivity index (χ4v) is 15.7. The molecule has 0 spiro atoms. The number of fused-ring (bicyclic) bond motifs is 9. The lowest BCUT2D eigenvalue weighted by Crippen LogP contribution is -1.93. The van der Waals surface area contributed by atoms with E-state index < -0.39 is 0 Å². The average molecular weight is 1500 g/mol. The summed E-state index contributed by atoms with van der Waals surface area (Å²) in [4.78, 5) is 27.3. The summed E-state index contributed by atoms with van der Waals surface area (Å²) in [7, 11) is 0. The molecule has 0 bridgehead atoms. The fourth-order valence-electron chi connectivity index (χ4n) is 15.7. The lowest BCUT2D eigenvalue weighted by molar-refractivity contribution is 1.18. The molecule has 0 aliphatic rings. The van der Waals surface area contributed by atoms with E-state index >= 15 is 0 Å². The number of aromatic nitrogens is 9. The van der Waals surface area contributed by atoms with Crippen molar-refractivity contribution in [3.8, 4) is 136 Å². The van der Waals surface area contributed by atoms with Gasteiger partial charge >= 0.3 is 0 Å². The number of pyridine rings is 6. The maximum absolute atomic E-state index is 9.29. The van der Waals surface area contributed by atoms with Gasteiger partial charge < -0.3 is 13.7 Å². The van der Waals surface area contributed by atoms with Crippen LogP contribution < -0.4 is 0 Å². The normalized spacial score (nSPS) is 11.1. The number of nitrogens with zero attached hydrogens (tertiary/aromatic N) is 12. The van der Waals surface area contributed by atoms with Gasteiger partial charge in [0.15, 0.2) is 0 Å². The summed E-state index contributed by atoms with van der Waals surface area (Å²) >= 11 is 0. The molecule has 0 radical (unpaired) electrons. The highest BCUT2D eigenvalue weighted by Crippen LogP contribution is 2.42. The molecule has 12 aromatic carbocycles. The third kappa shape index (κ3) is 14.0. The number of rotatable bonds is 12. The molecule has 9 heterocycles. The van der Waals surface area contributed by atoms with Crippen molar-refractivity contribution in [3.05, 3.63) is 418 Å². The summed E-state index contributed by atoms with van der Waals surface area (Å²) in [6.07, 6.45) is 8.48. The summed E-state index contributed by atoms with van der Waals surface area (Å²) in [6, 6.07) is 134. The zero-order chi connectivity index (χ0) is 78.5. The van der Waals surface area contributed by atoms with Gasteiger partial charge in [-0.3, -0.25) is 15.0 Å². The quantitative estimate of drug-likeness (QED) is 0.116. The van der Waals surface area contributed by atoms with Crippen LogP contribution in [0.4, 0.5) is 0 Å². The van der Waals surface area contributed by atoms with E-state index in [-0.39, 0.29) is 0 Å². The first-order valence-electron chi connectivity index (χ1n) is 38.4. The van der Waals surface area contributed by atoms with Crippen LogP contribution in [0.25, 0.3) is 183 Å². The van der Waals surface area contributed by atoms with Gasteiger partial charge in [-0.1, -0.05) is 200 Å². The van der Waals surface area contributed by atoms with Gasteiger partial charge in [0.05, 0.1) is 84.5 Å². The van der Waals surface area contributed by atoms with Crippen LogP contribution in [0.15, 0.2) is 401 Å². The van der Waals surface area contributed by atoms with Gasteiger partial charge in [0.1, 0.15) is 17.8 Å². The van der Waals surface area contributed by atoms with Crippen molar-refractivity contribution in [1.29, 1.82) is 15.8 Å². The Morgan fingerprint density at radius 2 is 0.556 bits per heavy atom. The molecule has 9 aromatic heterocycles. The lowest BCUT2D eigenvalue weighted by atomic mass is 10.0. The van der Waals surface area contributed by atoms with E-state index in [4.69, 9.17) is 9.97 Å². The van der Waals surface area contributed by atoms with Gasteiger partial charge in [0.25, 0.3) is 0 Å². The number of nitriles is 3. The second kappa shape index (κ2) is 31.3. The Hall–Kier alpha value is -16.6.